The number of thiazole rings is 1. The van der Waals surface area contributed by atoms with E-state index in [2.05, 4.69) is 25.8 Å². The van der Waals surface area contributed by atoms with E-state index in [0.29, 0.717) is 5.13 Å². The van der Waals surface area contributed by atoms with Crippen molar-refractivity contribution in [2.45, 2.75) is 33.8 Å². The summed E-state index contributed by atoms with van der Waals surface area (Å²) in [7, 11) is 0. The van der Waals surface area contributed by atoms with E-state index in [1.54, 1.807) is 6.20 Å². The van der Waals surface area contributed by atoms with Crippen LogP contribution in [0, 0.1) is 11.3 Å². The lowest BCUT2D eigenvalue weighted by atomic mass is 9.78. The van der Waals surface area contributed by atoms with E-state index < -0.39 is 6.10 Å². The zero-order valence-electron chi connectivity index (χ0n) is 9.11. The van der Waals surface area contributed by atoms with Crippen molar-refractivity contribution in [3.63, 3.8) is 0 Å². The van der Waals surface area contributed by atoms with Crippen LogP contribution in [-0.4, -0.2) is 10.1 Å². The van der Waals surface area contributed by atoms with E-state index in [0.717, 1.165) is 4.88 Å². The quantitative estimate of drug-likeness (QED) is 0.795. The van der Waals surface area contributed by atoms with Crippen LogP contribution < -0.4 is 5.73 Å². The average Bonchev–Trinajstić information content (AvgIpc) is 2.47. The Bertz CT molecular complexity index is 303. The Morgan fingerprint density at radius 2 is 2.07 bits per heavy atom. The first kappa shape index (κ1) is 11.5. The molecule has 1 rings (SSSR count). The molecule has 1 aromatic heterocycles. The number of anilines is 1. The summed E-state index contributed by atoms with van der Waals surface area (Å²) in [5.41, 5.74) is 5.60. The lowest BCUT2D eigenvalue weighted by Crippen LogP contribution is -2.23. The highest BCUT2D eigenvalue weighted by atomic mass is 32.1. The van der Waals surface area contributed by atoms with Gasteiger partial charge in [0.1, 0.15) is 0 Å². The Hall–Kier alpha value is -0.610. The first-order valence-corrected chi connectivity index (χ1v) is 5.53. The first-order chi connectivity index (χ1) is 6.32. The molecule has 0 aliphatic heterocycles. The van der Waals surface area contributed by atoms with Crippen LogP contribution in [0.5, 0.6) is 0 Å². The fraction of sp³-hybridized carbons (Fsp3) is 0.700. The van der Waals surface area contributed by atoms with Gasteiger partial charge in [0.2, 0.25) is 0 Å². The van der Waals surface area contributed by atoms with Gasteiger partial charge in [0, 0.05) is 6.20 Å². The minimum Gasteiger partial charge on any atom is -0.387 e. The normalized spacial score (nSPS) is 16.6. The Balaban J connectivity index is 2.80. The lowest BCUT2D eigenvalue weighted by Gasteiger charge is -2.30. The van der Waals surface area contributed by atoms with Gasteiger partial charge in [-0.3, -0.25) is 0 Å². The van der Waals surface area contributed by atoms with Crippen LogP contribution in [0.1, 0.15) is 38.7 Å². The molecule has 0 fully saturated rings. The SMILES string of the molecule is CC(C(O)c1cnc(N)s1)C(C)(C)C. The number of aliphatic hydroxyl groups excluding tert-OH is 1. The number of rotatable bonds is 2. The molecule has 0 aliphatic rings. The summed E-state index contributed by atoms with van der Waals surface area (Å²) in [6.45, 7) is 8.39. The molecule has 1 aromatic rings. The topological polar surface area (TPSA) is 59.1 Å². The molecule has 0 aliphatic carbocycles. The molecule has 3 nitrogen and oxygen atoms in total. The number of aromatic nitrogens is 1. The van der Waals surface area contributed by atoms with Gasteiger partial charge in [0.05, 0.1) is 11.0 Å². The monoisotopic (exact) mass is 214 g/mol. The van der Waals surface area contributed by atoms with Crippen molar-refractivity contribution in [1.82, 2.24) is 4.98 Å². The third kappa shape index (κ3) is 2.45. The minimum absolute atomic E-state index is 0.0815. The summed E-state index contributed by atoms with van der Waals surface area (Å²) in [6.07, 6.45) is 1.19. The van der Waals surface area contributed by atoms with Gasteiger partial charge in [-0.1, -0.05) is 39.0 Å². The van der Waals surface area contributed by atoms with Crippen molar-refractivity contribution in [2.75, 3.05) is 5.73 Å². The molecule has 80 valence electrons. The Labute approximate surface area is 89.0 Å². The Morgan fingerprint density at radius 1 is 1.50 bits per heavy atom. The molecule has 2 unspecified atom stereocenters. The van der Waals surface area contributed by atoms with Crippen molar-refractivity contribution < 1.29 is 5.11 Å². The maximum Gasteiger partial charge on any atom is 0.180 e. The van der Waals surface area contributed by atoms with Gasteiger partial charge in [-0.2, -0.15) is 0 Å². The highest BCUT2D eigenvalue weighted by Gasteiger charge is 2.28. The summed E-state index contributed by atoms with van der Waals surface area (Å²) >= 11 is 1.36. The molecular formula is C10H18N2OS. The Kier molecular flexibility index (Phi) is 3.17. The zero-order chi connectivity index (χ0) is 10.9. The standard InChI is InChI=1S/C10H18N2OS/c1-6(10(2,3)4)8(13)7-5-12-9(11)14-7/h5-6,8,13H,1-4H3,(H2,11,12). The van der Waals surface area contributed by atoms with E-state index in [-0.39, 0.29) is 11.3 Å². The maximum atomic E-state index is 10.1. The molecule has 0 saturated heterocycles. The molecule has 14 heavy (non-hydrogen) atoms. The lowest BCUT2D eigenvalue weighted by molar-refractivity contribution is 0.0560. The van der Waals surface area contributed by atoms with Crippen LogP contribution in [0.3, 0.4) is 0 Å². The molecule has 1 heterocycles. The van der Waals surface area contributed by atoms with Gasteiger partial charge in [-0.15, -0.1) is 0 Å². The molecule has 0 aromatic carbocycles. The van der Waals surface area contributed by atoms with Crippen LogP contribution in [0.4, 0.5) is 5.13 Å². The molecule has 4 heteroatoms. The van der Waals surface area contributed by atoms with Gasteiger partial charge >= 0.3 is 0 Å². The second-order valence-corrected chi connectivity index (χ2v) is 5.79. The van der Waals surface area contributed by atoms with Gasteiger partial charge < -0.3 is 10.8 Å². The number of nitrogen functional groups attached to an aromatic ring is 1. The minimum atomic E-state index is -0.468. The number of hydrogen-bond acceptors (Lipinski definition) is 4. The number of aliphatic hydroxyl groups is 1. The van der Waals surface area contributed by atoms with Crippen molar-refractivity contribution in [1.29, 1.82) is 0 Å². The summed E-state index contributed by atoms with van der Waals surface area (Å²) < 4.78 is 0. The molecule has 0 amide bonds. The van der Waals surface area contributed by atoms with Crippen LogP contribution in [0.2, 0.25) is 0 Å². The molecule has 0 spiro atoms. The average molecular weight is 214 g/mol. The summed E-state index contributed by atoms with van der Waals surface area (Å²) in [4.78, 5) is 4.79. The Morgan fingerprint density at radius 3 is 2.43 bits per heavy atom. The van der Waals surface area contributed by atoms with E-state index >= 15 is 0 Å². The van der Waals surface area contributed by atoms with Crippen LogP contribution in [-0.2, 0) is 0 Å². The highest BCUT2D eigenvalue weighted by molar-refractivity contribution is 7.15. The summed E-state index contributed by atoms with van der Waals surface area (Å²) in [6, 6.07) is 0. The number of nitrogens with zero attached hydrogens (tertiary/aromatic N) is 1. The molecular weight excluding hydrogens is 196 g/mol. The van der Waals surface area contributed by atoms with Crippen LogP contribution >= 0.6 is 11.3 Å². The van der Waals surface area contributed by atoms with Gasteiger partial charge in [-0.25, -0.2) is 4.98 Å². The summed E-state index contributed by atoms with van der Waals surface area (Å²) in [5, 5.41) is 10.6. The second-order valence-electron chi connectivity index (χ2n) is 4.70. The predicted molar refractivity (Wildman–Crippen MR) is 60.1 cm³/mol. The maximum absolute atomic E-state index is 10.1. The van der Waals surface area contributed by atoms with Crippen LogP contribution in [0.25, 0.3) is 0 Å². The van der Waals surface area contributed by atoms with Crippen molar-refractivity contribution >= 4 is 16.5 Å². The predicted octanol–water partition coefficient (Wildman–Crippen LogP) is 2.44. The second kappa shape index (κ2) is 3.87. The van der Waals surface area contributed by atoms with Crippen molar-refractivity contribution in [2.24, 2.45) is 11.3 Å². The summed E-state index contributed by atoms with van der Waals surface area (Å²) in [5.74, 6) is 0.183. The van der Waals surface area contributed by atoms with E-state index in [9.17, 15) is 5.11 Å². The smallest absolute Gasteiger partial charge is 0.180 e. The highest BCUT2D eigenvalue weighted by Crippen LogP contribution is 2.37. The third-order valence-electron chi connectivity index (χ3n) is 2.67. The number of nitrogens with two attached hydrogens (primary N) is 1. The van der Waals surface area contributed by atoms with Gasteiger partial charge in [0.15, 0.2) is 5.13 Å². The molecule has 3 N–H and O–H groups in total. The molecule has 0 bridgehead atoms. The number of hydrogen-bond donors (Lipinski definition) is 2. The van der Waals surface area contributed by atoms with E-state index in [4.69, 9.17) is 5.73 Å². The molecule has 2 atom stereocenters. The van der Waals surface area contributed by atoms with Crippen molar-refractivity contribution in [3.8, 4) is 0 Å². The largest absolute Gasteiger partial charge is 0.387 e. The van der Waals surface area contributed by atoms with Gasteiger partial charge in [0.25, 0.3) is 0 Å². The van der Waals surface area contributed by atoms with Gasteiger partial charge in [-0.05, 0) is 11.3 Å². The first-order valence-electron chi connectivity index (χ1n) is 4.71. The zero-order valence-corrected chi connectivity index (χ0v) is 9.93. The van der Waals surface area contributed by atoms with E-state index in [1.807, 2.05) is 6.92 Å². The van der Waals surface area contributed by atoms with Crippen LogP contribution in [0.15, 0.2) is 6.20 Å². The van der Waals surface area contributed by atoms with E-state index in [1.165, 1.54) is 11.3 Å². The molecule has 0 radical (unpaired) electrons. The molecule has 0 saturated carbocycles. The van der Waals surface area contributed by atoms with Crippen molar-refractivity contribution in [3.05, 3.63) is 11.1 Å². The fourth-order valence-electron chi connectivity index (χ4n) is 1.16. The fourth-order valence-corrected chi connectivity index (χ4v) is 1.93. The third-order valence-corrected chi connectivity index (χ3v) is 3.57.